The number of benzene rings is 2. The summed E-state index contributed by atoms with van der Waals surface area (Å²) in [4.78, 5) is 34.5. The van der Waals surface area contributed by atoms with Gasteiger partial charge in [0.05, 0.1) is 21.8 Å². The average Bonchev–Trinajstić information content (AvgIpc) is 2.55. The molecule has 0 atom stereocenters. The van der Waals surface area contributed by atoms with Crippen LogP contribution in [0.2, 0.25) is 5.02 Å². The number of rotatable bonds is 5. The third-order valence-electron chi connectivity index (χ3n) is 2.97. The number of nitrogen functional groups attached to an aromatic ring is 1. The van der Waals surface area contributed by atoms with E-state index < -0.39 is 24.5 Å². The summed E-state index contributed by atoms with van der Waals surface area (Å²) in [5.41, 5.74) is 6.34. The Hall–Kier alpha value is -3.06. The molecule has 0 fully saturated rings. The number of aromatic carboxylic acids is 1. The van der Waals surface area contributed by atoms with Crippen molar-refractivity contribution in [3.05, 3.63) is 58.6 Å². The summed E-state index contributed by atoms with van der Waals surface area (Å²) in [6, 6.07) is 9.89. The lowest BCUT2D eigenvalue weighted by atomic mass is 10.2. The smallest absolute Gasteiger partial charge is 0.338 e. The molecule has 0 saturated carbocycles. The number of hydrogen-bond donors (Lipinski definition) is 3. The normalized spacial score (nSPS) is 10.0. The highest BCUT2D eigenvalue weighted by Gasteiger charge is 2.13. The first-order valence-electron chi connectivity index (χ1n) is 6.72. The second kappa shape index (κ2) is 7.47. The first kappa shape index (κ1) is 17.3. The topological polar surface area (TPSA) is 119 Å². The van der Waals surface area contributed by atoms with E-state index in [-0.39, 0.29) is 21.8 Å². The number of esters is 1. The van der Waals surface area contributed by atoms with Crippen molar-refractivity contribution in [2.75, 3.05) is 17.7 Å². The van der Waals surface area contributed by atoms with Gasteiger partial charge in [0.25, 0.3) is 5.91 Å². The number of carbonyl (C=O) groups is 3. The molecule has 7 nitrogen and oxygen atoms in total. The zero-order valence-corrected chi connectivity index (χ0v) is 13.0. The van der Waals surface area contributed by atoms with Crippen LogP contribution in [-0.2, 0) is 9.53 Å². The molecule has 0 radical (unpaired) electrons. The van der Waals surface area contributed by atoms with Gasteiger partial charge in [-0.3, -0.25) is 4.79 Å². The molecule has 0 bridgehead atoms. The van der Waals surface area contributed by atoms with Gasteiger partial charge in [0.1, 0.15) is 0 Å². The van der Waals surface area contributed by atoms with E-state index in [0.717, 1.165) is 0 Å². The quantitative estimate of drug-likeness (QED) is 0.564. The van der Waals surface area contributed by atoms with E-state index in [1.54, 1.807) is 0 Å². The molecule has 0 aliphatic carbocycles. The highest BCUT2D eigenvalue weighted by molar-refractivity contribution is 6.33. The van der Waals surface area contributed by atoms with Crippen molar-refractivity contribution in [1.82, 2.24) is 0 Å². The molecule has 2 aromatic rings. The molecule has 2 rings (SSSR count). The monoisotopic (exact) mass is 348 g/mol. The van der Waals surface area contributed by atoms with Gasteiger partial charge >= 0.3 is 11.9 Å². The number of carboxylic acid groups (broad SMARTS) is 1. The minimum Gasteiger partial charge on any atom is -0.478 e. The highest BCUT2D eigenvalue weighted by Crippen LogP contribution is 2.23. The average molecular weight is 349 g/mol. The third kappa shape index (κ3) is 4.47. The number of nitrogens with one attached hydrogen (secondary N) is 1. The fraction of sp³-hybridized carbons (Fsp3) is 0.0625. The number of amides is 1. The summed E-state index contributed by atoms with van der Waals surface area (Å²) in [5.74, 6) is -2.49. The van der Waals surface area contributed by atoms with Gasteiger partial charge in [-0.2, -0.15) is 0 Å². The van der Waals surface area contributed by atoms with Crippen molar-refractivity contribution in [1.29, 1.82) is 0 Å². The first-order valence-corrected chi connectivity index (χ1v) is 7.10. The minimum atomic E-state index is -1.16. The molecule has 0 spiro atoms. The first-order chi connectivity index (χ1) is 11.4. The van der Waals surface area contributed by atoms with Crippen molar-refractivity contribution in [3.8, 4) is 0 Å². The van der Waals surface area contributed by atoms with E-state index in [4.69, 9.17) is 27.2 Å². The van der Waals surface area contributed by atoms with Crippen molar-refractivity contribution in [2.24, 2.45) is 0 Å². The minimum absolute atomic E-state index is 0.0337. The molecule has 0 unspecified atom stereocenters. The lowest BCUT2D eigenvalue weighted by Gasteiger charge is -2.09. The van der Waals surface area contributed by atoms with Gasteiger partial charge in [0.2, 0.25) is 0 Å². The Morgan fingerprint density at radius 1 is 1.08 bits per heavy atom. The Morgan fingerprint density at radius 2 is 1.71 bits per heavy atom. The van der Waals surface area contributed by atoms with Crippen molar-refractivity contribution < 1.29 is 24.2 Å². The van der Waals surface area contributed by atoms with Crippen LogP contribution in [-0.4, -0.2) is 29.6 Å². The summed E-state index contributed by atoms with van der Waals surface area (Å²) in [7, 11) is 0. The Labute approximate surface area is 142 Å². The molecule has 0 heterocycles. The molecule has 0 aromatic heterocycles. The van der Waals surface area contributed by atoms with Crippen LogP contribution in [0.5, 0.6) is 0 Å². The molecule has 0 saturated heterocycles. The predicted molar refractivity (Wildman–Crippen MR) is 88.2 cm³/mol. The molecule has 2 aromatic carbocycles. The maximum atomic E-state index is 11.8. The molecule has 24 heavy (non-hydrogen) atoms. The fourth-order valence-corrected chi connectivity index (χ4v) is 1.94. The van der Waals surface area contributed by atoms with Crippen molar-refractivity contribution in [2.45, 2.75) is 0 Å². The predicted octanol–water partition coefficient (Wildman–Crippen LogP) is 2.42. The molecule has 124 valence electrons. The van der Waals surface area contributed by atoms with E-state index in [1.165, 1.54) is 42.5 Å². The Morgan fingerprint density at radius 3 is 2.33 bits per heavy atom. The largest absolute Gasteiger partial charge is 0.478 e. The molecular weight excluding hydrogens is 336 g/mol. The zero-order valence-electron chi connectivity index (χ0n) is 12.3. The molecule has 8 heteroatoms. The molecule has 4 N–H and O–H groups in total. The van der Waals surface area contributed by atoms with Crippen LogP contribution in [0.15, 0.2) is 42.5 Å². The van der Waals surface area contributed by atoms with Crippen LogP contribution in [0.3, 0.4) is 0 Å². The second-order valence-corrected chi connectivity index (χ2v) is 5.15. The lowest BCUT2D eigenvalue weighted by molar-refractivity contribution is -0.119. The third-order valence-corrected chi connectivity index (χ3v) is 3.30. The number of carbonyl (C=O) groups excluding carboxylic acids is 2. The van der Waals surface area contributed by atoms with Crippen LogP contribution >= 0.6 is 11.6 Å². The van der Waals surface area contributed by atoms with Gasteiger partial charge < -0.3 is 20.9 Å². The summed E-state index contributed by atoms with van der Waals surface area (Å²) >= 11 is 5.89. The number of ether oxygens (including phenoxy) is 1. The van der Waals surface area contributed by atoms with E-state index in [2.05, 4.69) is 5.32 Å². The zero-order chi connectivity index (χ0) is 17.7. The second-order valence-electron chi connectivity index (χ2n) is 4.75. The Balaban J connectivity index is 1.96. The number of hydrogen-bond acceptors (Lipinski definition) is 5. The van der Waals surface area contributed by atoms with Gasteiger partial charge in [0.15, 0.2) is 6.61 Å². The van der Waals surface area contributed by atoms with E-state index >= 15 is 0 Å². The maximum absolute atomic E-state index is 11.8. The Bertz CT molecular complexity index is 790. The summed E-state index contributed by atoms with van der Waals surface area (Å²) in [6.07, 6.45) is 0. The fourth-order valence-electron chi connectivity index (χ4n) is 1.77. The van der Waals surface area contributed by atoms with Crippen LogP contribution in [0.25, 0.3) is 0 Å². The summed E-state index contributed by atoms with van der Waals surface area (Å²) in [6.45, 7) is -0.545. The van der Waals surface area contributed by atoms with Crippen molar-refractivity contribution in [3.63, 3.8) is 0 Å². The van der Waals surface area contributed by atoms with Crippen molar-refractivity contribution >= 4 is 40.8 Å². The number of nitrogens with two attached hydrogens (primary N) is 1. The molecular formula is C16H13ClN2O5. The van der Waals surface area contributed by atoms with E-state index in [0.29, 0.717) is 5.69 Å². The SMILES string of the molecule is Nc1ccc(C(=O)OCC(=O)Nc2cc(C(=O)O)ccc2Cl)cc1. The Kier molecular flexibility index (Phi) is 5.39. The highest BCUT2D eigenvalue weighted by atomic mass is 35.5. The van der Waals surface area contributed by atoms with Gasteiger partial charge in [-0.05, 0) is 42.5 Å². The molecule has 1 amide bonds. The standard InChI is InChI=1S/C16H13ClN2O5/c17-12-6-3-10(15(21)22)7-13(12)19-14(20)8-24-16(23)9-1-4-11(18)5-2-9/h1-7H,8,18H2,(H,19,20)(H,21,22). The van der Waals surface area contributed by atoms with Crippen LogP contribution in [0.1, 0.15) is 20.7 Å². The summed E-state index contributed by atoms with van der Waals surface area (Å²) in [5, 5.41) is 11.5. The molecule has 0 aliphatic heterocycles. The number of halogens is 1. The van der Waals surface area contributed by atoms with Crippen LogP contribution in [0, 0.1) is 0 Å². The molecule has 0 aliphatic rings. The lowest BCUT2D eigenvalue weighted by Crippen LogP contribution is -2.21. The number of anilines is 2. The number of carboxylic acids is 1. The maximum Gasteiger partial charge on any atom is 0.338 e. The van der Waals surface area contributed by atoms with Gasteiger partial charge in [-0.25, -0.2) is 9.59 Å². The van der Waals surface area contributed by atoms with Gasteiger partial charge in [-0.15, -0.1) is 0 Å². The van der Waals surface area contributed by atoms with Crippen LogP contribution in [0.4, 0.5) is 11.4 Å². The van der Waals surface area contributed by atoms with Gasteiger partial charge in [0, 0.05) is 5.69 Å². The van der Waals surface area contributed by atoms with E-state index in [9.17, 15) is 14.4 Å². The van der Waals surface area contributed by atoms with Gasteiger partial charge in [-0.1, -0.05) is 11.6 Å². The van der Waals surface area contributed by atoms with E-state index in [1.807, 2.05) is 0 Å². The van der Waals surface area contributed by atoms with Crippen LogP contribution < -0.4 is 11.1 Å². The summed E-state index contributed by atoms with van der Waals surface area (Å²) < 4.78 is 4.87.